The van der Waals surface area contributed by atoms with Crippen LogP contribution in [0.5, 0.6) is 0 Å². The van der Waals surface area contributed by atoms with Crippen LogP contribution in [0.1, 0.15) is 29.5 Å². The molecule has 0 radical (unpaired) electrons. The van der Waals surface area contributed by atoms with Gasteiger partial charge in [0.15, 0.2) is 5.16 Å². The molecule has 3 aromatic rings. The molecule has 0 aliphatic carbocycles. The number of benzene rings is 1. The van der Waals surface area contributed by atoms with Gasteiger partial charge >= 0.3 is 6.18 Å². The molecule has 0 aliphatic heterocycles. The van der Waals surface area contributed by atoms with Crippen LogP contribution >= 0.6 is 11.8 Å². The van der Waals surface area contributed by atoms with Crippen LogP contribution in [0, 0.1) is 6.92 Å². The predicted molar refractivity (Wildman–Crippen MR) is 94.0 cm³/mol. The van der Waals surface area contributed by atoms with Crippen LogP contribution in [0.15, 0.2) is 46.6 Å². The van der Waals surface area contributed by atoms with E-state index in [-0.39, 0.29) is 16.6 Å². The van der Waals surface area contributed by atoms with Gasteiger partial charge in [-0.2, -0.15) is 18.2 Å². The van der Waals surface area contributed by atoms with E-state index in [9.17, 15) is 13.2 Å². The first-order valence-electron chi connectivity index (χ1n) is 7.98. The Hall–Kier alpha value is -2.62. The average molecular weight is 395 g/mol. The van der Waals surface area contributed by atoms with E-state index >= 15 is 0 Å². The molecule has 0 spiro atoms. The van der Waals surface area contributed by atoms with Crippen molar-refractivity contribution < 1.29 is 17.7 Å². The highest BCUT2D eigenvalue weighted by Gasteiger charge is 2.31. The Morgan fingerprint density at radius 3 is 2.81 bits per heavy atom. The molecule has 6 nitrogen and oxygen atoms in total. The summed E-state index contributed by atoms with van der Waals surface area (Å²) >= 11 is 1.37. The van der Waals surface area contributed by atoms with E-state index in [1.807, 2.05) is 18.4 Å². The van der Waals surface area contributed by atoms with E-state index in [0.29, 0.717) is 17.6 Å². The fraction of sp³-hybridized carbons (Fsp3) is 0.294. The van der Waals surface area contributed by atoms with Crippen molar-refractivity contribution in [2.45, 2.75) is 37.0 Å². The summed E-state index contributed by atoms with van der Waals surface area (Å²) in [5.74, 6) is 1.14. The predicted octanol–water partition coefficient (Wildman–Crippen LogP) is 4.69. The Kier molecular flexibility index (Phi) is 5.36. The highest BCUT2D eigenvalue weighted by atomic mass is 32.2. The molecular weight excluding hydrogens is 379 g/mol. The highest BCUT2D eigenvalue weighted by Crippen LogP contribution is 2.35. The molecule has 2 aromatic heterocycles. The van der Waals surface area contributed by atoms with Gasteiger partial charge in [0.2, 0.25) is 11.7 Å². The Bertz CT molecular complexity index is 950. The van der Waals surface area contributed by atoms with Crippen molar-refractivity contribution in [1.29, 1.82) is 0 Å². The lowest BCUT2D eigenvalue weighted by atomic mass is 10.1. The quantitative estimate of drug-likeness (QED) is 0.445. The van der Waals surface area contributed by atoms with Gasteiger partial charge in [0.05, 0.1) is 10.8 Å². The molecule has 2 heterocycles. The molecule has 10 heteroatoms. The van der Waals surface area contributed by atoms with E-state index in [1.165, 1.54) is 23.9 Å². The van der Waals surface area contributed by atoms with Crippen molar-refractivity contribution in [3.05, 3.63) is 54.2 Å². The Balaban J connectivity index is 1.81. The number of alkyl halides is 3. The summed E-state index contributed by atoms with van der Waals surface area (Å²) in [5.41, 5.74) is -0.524. The van der Waals surface area contributed by atoms with Crippen LogP contribution < -0.4 is 0 Å². The summed E-state index contributed by atoms with van der Waals surface area (Å²) in [4.78, 5) is 4.24. The van der Waals surface area contributed by atoms with E-state index < -0.39 is 11.7 Å². The van der Waals surface area contributed by atoms with E-state index in [2.05, 4.69) is 26.9 Å². The summed E-state index contributed by atoms with van der Waals surface area (Å²) in [6, 6.07) is 4.81. The summed E-state index contributed by atoms with van der Waals surface area (Å²) in [6.45, 7) is 7.95. The van der Waals surface area contributed by atoms with Crippen LogP contribution in [0.25, 0.3) is 11.4 Å². The van der Waals surface area contributed by atoms with Crippen molar-refractivity contribution >= 4 is 11.8 Å². The molecule has 3 rings (SSSR count). The van der Waals surface area contributed by atoms with Gasteiger partial charge in [0, 0.05) is 12.1 Å². The lowest BCUT2D eigenvalue weighted by Gasteiger charge is -2.08. The Morgan fingerprint density at radius 2 is 2.11 bits per heavy atom. The second-order valence-electron chi connectivity index (χ2n) is 5.72. The standard InChI is InChI=1S/C17H16F3N5OS/c1-4-8-25-11(3)22-23-16(25)27-10(2)15-21-14(24-26-15)12-6-5-7-13(9-12)17(18,19)20/h4-7,9-10H,1,8H2,2-3H3/t10-/m0/s1. The molecule has 0 bridgehead atoms. The topological polar surface area (TPSA) is 69.6 Å². The lowest BCUT2D eigenvalue weighted by molar-refractivity contribution is -0.137. The van der Waals surface area contributed by atoms with Gasteiger partial charge in [-0.1, -0.05) is 35.1 Å². The molecule has 1 atom stereocenters. The molecule has 0 saturated carbocycles. The van der Waals surface area contributed by atoms with Crippen molar-refractivity contribution in [3.63, 3.8) is 0 Å². The summed E-state index contributed by atoms with van der Waals surface area (Å²) in [7, 11) is 0. The maximum absolute atomic E-state index is 12.9. The monoisotopic (exact) mass is 395 g/mol. The normalized spacial score (nSPS) is 12.9. The van der Waals surface area contributed by atoms with Crippen LogP contribution in [0.3, 0.4) is 0 Å². The number of halogens is 3. The third-order valence-electron chi connectivity index (χ3n) is 3.73. The molecule has 0 N–H and O–H groups in total. The number of allylic oxidation sites excluding steroid dienone is 1. The fourth-order valence-electron chi connectivity index (χ4n) is 2.35. The first kappa shape index (κ1) is 19.2. The van der Waals surface area contributed by atoms with E-state index in [0.717, 1.165) is 18.0 Å². The minimum absolute atomic E-state index is 0.104. The number of hydrogen-bond donors (Lipinski definition) is 0. The largest absolute Gasteiger partial charge is 0.416 e. The second kappa shape index (κ2) is 7.55. The molecule has 142 valence electrons. The van der Waals surface area contributed by atoms with Crippen molar-refractivity contribution in [3.8, 4) is 11.4 Å². The number of thioether (sulfide) groups is 1. The summed E-state index contributed by atoms with van der Waals surface area (Å²) in [6.07, 6.45) is -2.69. The number of rotatable bonds is 6. The van der Waals surface area contributed by atoms with Crippen molar-refractivity contribution in [1.82, 2.24) is 24.9 Å². The molecule has 0 unspecified atom stereocenters. The van der Waals surface area contributed by atoms with Crippen LogP contribution in [0.4, 0.5) is 13.2 Å². The molecule has 0 saturated heterocycles. The third-order valence-corrected chi connectivity index (χ3v) is 4.80. The zero-order valence-electron chi connectivity index (χ0n) is 14.6. The first-order chi connectivity index (χ1) is 12.8. The zero-order chi connectivity index (χ0) is 19.6. The summed E-state index contributed by atoms with van der Waals surface area (Å²) < 4.78 is 45.7. The smallest absolute Gasteiger partial charge is 0.338 e. The maximum atomic E-state index is 12.9. The van der Waals surface area contributed by atoms with Crippen LogP contribution in [-0.2, 0) is 12.7 Å². The first-order valence-corrected chi connectivity index (χ1v) is 8.86. The average Bonchev–Trinajstić information content (AvgIpc) is 3.24. The third kappa shape index (κ3) is 4.21. The van der Waals surface area contributed by atoms with Gasteiger partial charge in [0.25, 0.3) is 0 Å². The lowest BCUT2D eigenvalue weighted by Crippen LogP contribution is -2.04. The number of nitrogens with zero attached hydrogens (tertiary/aromatic N) is 5. The minimum Gasteiger partial charge on any atom is -0.338 e. The van der Waals surface area contributed by atoms with Gasteiger partial charge in [-0.25, -0.2) is 0 Å². The van der Waals surface area contributed by atoms with Crippen molar-refractivity contribution in [2.24, 2.45) is 0 Å². The molecule has 0 aliphatic rings. The summed E-state index contributed by atoms with van der Waals surface area (Å²) in [5, 5.41) is 12.4. The highest BCUT2D eigenvalue weighted by molar-refractivity contribution is 7.99. The molecule has 0 amide bonds. The van der Waals surface area contributed by atoms with Crippen LogP contribution in [0.2, 0.25) is 0 Å². The SMILES string of the molecule is C=CCn1c(C)nnc1S[C@@H](C)c1nc(-c2cccc(C(F)(F)F)c2)no1. The number of hydrogen-bond acceptors (Lipinski definition) is 6. The molecule has 1 aromatic carbocycles. The fourth-order valence-corrected chi connectivity index (χ4v) is 3.28. The van der Waals surface area contributed by atoms with Gasteiger partial charge in [-0.3, -0.25) is 0 Å². The molecule has 0 fully saturated rings. The number of aryl methyl sites for hydroxylation is 1. The van der Waals surface area contributed by atoms with E-state index in [4.69, 9.17) is 4.52 Å². The molecule has 27 heavy (non-hydrogen) atoms. The zero-order valence-corrected chi connectivity index (χ0v) is 15.4. The van der Waals surface area contributed by atoms with Gasteiger partial charge < -0.3 is 9.09 Å². The Morgan fingerprint density at radius 1 is 1.33 bits per heavy atom. The van der Waals surface area contributed by atoms with Crippen LogP contribution in [-0.4, -0.2) is 24.9 Å². The van der Waals surface area contributed by atoms with Gasteiger partial charge in [-0.15, -0.1) is 16.8 Å². The van der Waals surface area contributed by atoms with Crippen molar-refractivity contribution in [2.75, 3.05) is 0 Å². The van der Waals surface area contributed by atoms with E-state index in [1.54, 1.807) is 6.08 Å². The minimum atomic E-state index is -4.43. The second-order valence-corrected chi connectivity index (χ2v) is 7.03. The molecular formula is C17H16F3N5OS. The number of aromatic nitrogens is 5. The van der Waals surface area contributed by atoms with Gasteiger partial charge in [-0.05, 0) is 26.0 Å². The van der Waals surface area contributed by atoms with Gasteiger partial charge in [0.1, 0.15) is 5.82 Å². The maximum Gasteiger partial charge on any atom is 0.416 e. The Labute approximate surface area is 157 Å².